The molecule has 3 aromatic heterocycles. The van der Waals surface area contributed by atoms with Crippen LogP contribution >= 0.6 is 0 Å². The van der Waals surface area contributed by atoms with Crippen molar-refractivity contribution in [1.82, 2.24) is 29.7 Å². The molecule has 12 nitrogen and oxygen atoms in total. The number of carbonyl (C=O) groups excluding carboxylic acids is 5. The van der Waals surface area contributed by atoms with Gasteiger partial charge in [-0.2, -0.15) is 0 Å². The third-order valence-corrected chi connectivity index (χ3v) is 15.6. The molecule has 0 radical (unpaired) electrons. The molecule has 402 valence electrons. The van der Waals surface area contributed by atoms with Crippen LogP contribution in [0.3, 0.4) is 0 Å². The Morgan fingerprint density at radius 2 is 1.05 bits per heavy atom. The Bertz CT molecular complexity index is 3670. The van der Waals surface area contributed by atoms with E-state index in [-0.39, 0.29) is 60.5 Å². The van der Waals surface area contributed by atoms with Crippen molar-refractivity contribution in [3.8, 4) is 0 Å². The van der Waals surface area contributed by atoms with E-state index in [0.717, 1.165) is 143 Å². The highest BCUT2D eigenvalue weighted by molar-refractivity contribution is 6.14. The molecule has 0 bridgehead atoms. The van der Waals surface area contributed by atoms with Crippen LogP contribution in [0.1, 0.15) is 152 Å². The molecule has 0 saturated heterocycles. The first kappa shape index (κ1) is 54.9. The van der Waals surface area contributed by atoms with Gasteiger partial charge in [0.1, 0.15) is 5.78 Å². The van der Waals surface area contributed by atoms with Crippen molar-refractivity contribution in [3.63, 3.8) is 0 Å². The lowest BCUT2D eigenvalue weighted by molar-refractivity contribution is -0.118. The van der Waals surface area contributed by atoms with E-state index in [1.807, 2.05) is 91.0 Å². The van der Waals surface area contributed by atoms with Crippen molar-refractivity contribution in [3.05, 3.63) is 129 Å². The summed E-state index contributed by atoms with van der Waals surface area (Å²) in [6, 6.07) is 29.6. The Balaban J connectivity index is 0.938. The highest BCUT2D eigenvalue weighted by Gasteiger charge is 2.22. The molecule has 8 aromatic rings. The SMILES string of the molecule is CCCNCCCn1c2ccc(C(C)=O)cc2c2cc(C(=O)CCC(O)c3ccc4c(c3)c3cc(C(=O)CCC(=O)c5ccc6c(c5)c5c(n6CCCNCC)=CCC(C(C)=O)C=5)ccc3n4CCCNC(C)C)ccc21. The normalized spacial score (nSPS) is 13.9. The van der Waals surface area contributed by atoms with E-state index in [1.165, 1.54) is 0 Å². The molecule has 3 heterocycles. The van der Waals surface area contributed by atoms with Gasteiger partial charge in [-0.3, -0.25) is 24.0 Å². The number of benzene rings is 5. The average molecular weight is 1040 g/mol. The number of fused-ring (bicyclic) bond motifs is 9. The van der Waals surface area contributed by atoms with Crippen LogP contribution < -0.4 is 26.5 Å². The third kappa shape index (κ3) is 12.0. The van der Waals surface area contributed by atoms with Crippen LogP contribution in [0.15, 0.2) is 91.0 Å². The molecule has 9 rings (SSSR count). The van der Waals surface area contributed by atoms with Crippen LogP contribution in [-0.4, -0.2) is 86.5 Å². The second-order valence-electron chi connectivity index (χ2n) is 21.4. The summed E-state index contributed by atoms with van der Waals surface area (Å²) in [5.74, 6) is -0.404. The lowest BCUT2D eigenvalue weighted by atomic mass is 9.95. The number of aryl methyl sites for hydroxylation is 3. The zero-order valence-electron chi connectivity index (χ0n) is 45.9. The molecule has 4 N–H and O–H groups in total. The fourth-order valence-electron chi connectivity index (χ4n) is 11.4. The number of nitrogens with one attached hydrogen (secondary N) is 3. The van der Waals surface area contributed by atoms with Crippen LogP contribution in [0.2, 0.25) is 0 Å². The Labute approximate surface area is 451 Å². The Kier molecular flexibility index (Phi) is 17.6. The van der Waals surface area contributed by atoms with Crippen LogP contribution in [0.25, 0.3) is 66.7 Å². The molecule has 5 aromatic carbocycles. The molecular weight excluding hydrogens is 961 g/mol. The summed E-state index contributed by atoms with van der Waals surface area (Å²) < 4.78 is 6.86. The lowest BCUT2D eigenvalue weighted by Crippen LogP contribution is -2.34. The summed E-state index contributed by atoms with van der Waals surface area (Å²) in [7, 11) is 0. The van der Waals surface area contributed by atoms with Gasteiger partial charge in [0.05, 0.1) is 6.10 Å². The van der Waals surface area contributed by atoms with Crippen molar-refractivity contribution in [2.75, 3.05) is 32.7 Å². The van der Waals surface area contributed by atoms with Crippen LogP contribution in [0.4, 0.5) is 0 Å². The topological polar surface area (TPSA) is 156 Å². The van der Waals surface area contributed by atoms with E-state index in [1.54, 1.807) is 13.8 Å². The average Bonchev–Trinajstić information content (AvgIpc) is 4.09. The number of aliphatic hydroxyl groups is 1. The van der Waals surface area contributed by atoms with Crippen molar-refractivity contribution in [2.24, 2.45) is 5.92 Å². The summed E-state index contributed by atoms with van der Waals surface area (Å²) in [5.41, 5.74) is 7.99. The first-order valence-electron chi connectivity index (χ1n) is 28.2. The quantitative estimate of drug-likeness (QED) is 0.0277. The van der Waals surface area contributed by atoms with E-state index in [2.05, 4.69) is 69.5 Å². The van der Waals surface area contributed by atoms with Crippen molar-refractivity contribution >= 4 is 95.6 Å². The van der Waals surface area contributed by atoms with Gasteiger partial charge < -0.3 is 34.8 Å². The van der Waals surface area contributed by atoms with Gasteiger partial charge in [-0.1, -0.05) is 45.9 Å². The maximum atomic E-state index is 14.1. The minimum absolute atomic E-state index is 0.0109. The second-order valence-corrected chi connectivity index (χ2v) is 21.4. The number of nitrogens with zero attached hydrogens (tertiary/aromatic N) is 3. The fourth-order valence-corrected chi connectivity index (χ4v) is 11.4. The summed E-state index contributed by atoms with van der Waals surface area (Å²) in [5, 5.41) is 28.9. The van der Waals surface area contributed by atoms with E-state index in [9.17, 15) is 29.1 Å². The molecule has 0 amide bonds. The van der Waals surface area contributed by atoms with Crippen LogP contribution in [-0.2, 0) is 24.4 Å². The molecule has 12 heteroatoms. The minimum Gasteiger partial charge on any atom is -0.388 e. The maximum Gasteiger partial charge on any atom is 0.163 e. The highest BCUT2D eigenvalue weighted by atomic mass is 16.3. The lowest BCUT2D eigenvalue weighted by Gasteiger charge is -2.13. The van der Waals surface area contributed by atoms with Crippen molar-refractivity contribution in [2.45, 2.75) is 131 Å². The zero-order chi connectivity index (χ0) is 54.3. The molecule has 0 aliphatic heterocycles. The number of hydrogen-bond donors (Lipinski definition) is 4. The Morgan fingerprint density at radius 1 is 0.571 bits per heavy atom. The molecule has 0 fully saturated rings. The molecule has 1 aliphatic rings. The Hall–Kier alpha value is -6.83. The van der Waals surface area contributed by atoms with Gasteiger partial charge in [-0.15, -0.1) is 0 Å². The number of ketones is 5. The molecule has 2 unspecified atom stereocenters. The summed E-state index contributed by atoms with van der Waals surface area (Å²) in [6.45, 7) is 18.6. The summed E-state index contributed by atoms with van der Waals surface area (Å²) in [6.07, 6.45) is 8.24. The monoisotopic (exact) mass is 1040 g/mol. The molecule has 77 heavy (non-hydrogen) atoms. The predicted molar refractivity (Wildman–Crippen MR) is 313 cm³/mol. The second kappa shape index (κ2) is 24.7. The molecule has 1 aliphatic carbocycles. The number of aromatic nitrogens is 3. The number of Topliss-reactive ketones (excluding diaryl/α,β-unsaturated/α-hetero) is 5. The predicted octanol–water partition coefficient (Wildman–Crippen LogP) is 10.5. The number of carbonyl (C=O) groups is 5. The largest absolute Gasteiger partial charge is 0.388 e. The molecular formula is C65H76N6O6. The summed E-state index contributed by atoms with van der Waals surface area (Å²) in [4.78, 5) is 67.0. The van der Waals surface area contributed by atoms with E-state index < -0.39 is 6.10 Å². The highest BCUT2D eigenvalue weighted by Crippen LogP contribution is 2.35. The standard InChI is InChI=1S/C65H76N6O6/c1-7-28-67-30-10-33-70-57-19-13-45(43(6)73)36-51(57)53-38-47(15-21-59(53)70)63(75)25-27-65(77)49-17-23-61-55(40-49)54-39-48(16-22-60(54)71(61)34-11-31-68-41(3)4)64(76)26-24-62(74)46-14-20-58-52(37-46)50-35-44(42(5)72)12-18-56(50)69(58)32-9-29-66-8-2/h13-23,35-41,44,65-68,77H,7-12,24-34H2,1-6H3. The van der Waals surface area contributed by atoms with Gasteiger partial charge in [0, 0.05) is 138 Å². The van der Waals surface area contributed by atoms with E-state index >= 15 is 0 Å². The van der Waals surface area contributed by atoms with Crippen molar-refractivity contribution in [1.29, 1.82) is 0 Å². The summed E-state index contributed by atoms with van der Waals surface area (Å²) >= 11 is 0. The van der Waals surface area contributed by atoms with Crippen molar-refractivity contribution < 1.29 is 29.1 Å². The van der Waals surface area contributed by atoms with E-state index in [0.29, 0.717) is 40.3 Å². The smallest absolute Gasteiger partial charge is 0.163 e. The Morgan fingerprint density at radius 3 is 1.60 bits per heavy atom. The minimum atomic E-state index is -0.920. The fraction of sp³-hybridized carbons (Fsp3) is 0.400. The van der Waals surface area contributed by atoms with Gasteiger partial charge in [0.2, 0.25) is 0 Å². The van der Waals surface area contributed by atoms with Crippen LogP contribution in [0.5, 0.6) is 0 Å². The van der Waals surface area contributed by atoms with Gasteiger partial charge in [0.15, 0.2) is 23.1 Å². The van der Waals surface area contributed by atoms with Gasteiger partial charge in [0.25, 0.3) is 0 Å². The van der Waals surface area contributed by atoms with Crippen LogP contribution in [0, 0.1) is 5.92 Å². The van der Waals surface area contributed by atoms with Gasteiger partial charge in [-0.25, -0.2) is 0 Å². The van der Waals surface area contributed by atoms with Gasteiger partial charge in [-0.05, 0) is 176 Å². The molecule has 2 atom stereocenters. The first-order valence-corrected chi connectivity index (χ1v) is 28.2. The third-order valence-electron chi connectivity index (χ3n) is 15.6. The zero-order valence-corrected chi connectivity index (χ0v) is 45.9. The number of aliphatic hydroxyl groups excluding tert-OH is 1. The van der Waals surface area contributed by atoms with Gasteiger partial charge >= 0.3 is 0 Å². The first-order chi connectivity index (χ1) is 37.3. The number of hydrogen-bond acceptors (Lipinski definition) is 9. The molecule has 0 spiro atoms. The van der Waals surface area contributed by atoms with E-state index in [4.69, 9.17) is 0 Å². The number of rotatable bonds is 28. The maximum absolute atomic E-state index is 14.1. The molecule has 0 saturated carbocycles.